The van der Waals surface area contributed by atoms with Crippen molar-refractivity contribution in [3.63, 3.8) is 0 Å². The van der Waals surface area contributed by atoms with Gasteiger partial charge in [-0.05, 0) is 74.2 Å². The molecule has 0 aromatic carbocycles. The first-order valence-corrected chi connectivity index (χ1v) is 9.36. The quantitative estimate of drug-likeness (QED) is 0.631. The summed E-state index contributed by atoms with van der Waals surface area (Å²) < 4.78 is 12.8. The lowest BCUT2D eigenvalue weighted by Gasteiger charge is -2.51. The number of rotatable bonds is 0. The van der Waals surface area contributed by atoms with Gasteiger partial charge >= 0.3 is 0 Å². The second kappa shape index (κ2) is 4.75. The molecule has 124 valence electrons. The van der Waals surface area contributed by atoms with E-state index in [9.17, 15) is 0 Å². The van der Waals surface area contributed by atoms with Crippen LogP contribution in [0.15, 0.2) is 12.3 Å². The third-order valence-electron chi connectivity index (χ3n) is 8.09. The van der Waals surface area contributed by atoms with Gasteiger partial charge in [0.2, 0.25) is 0 Å². The third-order valence-corrected chi connectivity index (χ3v) is 8.09. The molecule has 2 heteroatoms. The first kappa shape index (κ1) is 15.1. The van der Waals surface area contributed by atoms with Gasteiger partial charge < -0.3 is 9.47 Å². The van der Waals surface area contributed by atoms with Gasteiger partial charge in [-0.3, -0.25) is 0 Å². The van der Waals surface area contributed by atoms with E-state index in [-0.39, 0.29) is 11.7 Å². The maximum absolute atomic E-state index is 6.43. The lowest BCUT2D eigenvalue weighted by Crippen LogP contribution is -2.55. The lowest BCUT2D eigenvalue weighted by molar-refractivity contribution is -0.178. The van der Waals surface area contributed by atoms with Crippen LogP contribution in [0.25, 0.3) is 0 Å². The molecule has 1 spiro atoms. The van der Waals surface area contributed by atoms with Crippen LogP contribution in [0.4, 0.5) is 0 Å². The highest BCUT2D eigenvalue weighted by atomic mass is 16.5. The Bertz CT molecular complexity index is 482. The lowest BCUT2D eigenvalue weighted by atomic mass is 9.62. The topological polar surface area (TPSA) is 18.5 Å². The monoisotopic (exact) mass is 304 g/mol. The Morgan fingerprint density at radius 3 is 2.68 bits per heavy atom. The number of hydrogen-bond donors (Lipinski definition) is 0. The molecule has 2 bridgehead atoms. The van der Waals surface area contributed by atoms with Crippen LogP contribution in [0.3, 0.4) is 0 Å². The molecule has 2 nitrogen and oxygen atoms in total. The van der Waals surface area contributed by atoms with E-state index >= 15 is 0 Å². The predicted octanol–water partition coefficient (Wildman–Crippen LogP) is 4.94. The van der Waals surface area contributed by atoms with Crippen molar-refractivity contribution in [1.29, 1.82) is 0 Å². The Kier molecular flexibility index (Phi) is 3.25. The molecule has 4 rings (SSSR count). The molecule has 22 heavy (non-hydrogen) atoms. The summed E-state index contributed by atoms with van der Waals surface area (Å²) >= 11 is 0. The van der Waals surface area contributed by atoms with E-state index in [4.69, 9.17) is 9.47 Å². The Balaban J connectivity index is 1.78. The van der Waals surface area contributed by atoms with Gasteiger partial charge in [0.1, 0.15) is 5.60 Å². The van der Waals surface area contributed by atoms with Gasteiger partial charge in [0.25, 0.3) is 0 Å². The van der Waals surface area contributed by atoms with Gasteiger partial charge in [0.15, 0.2) is 0 Å². The third kappa shape index (κ3) is 1.76. The van der Waals surface area contributed by atoms with Crippen LogP contribution in [0.5, 0.6) is 0 Å². The molecular formula is C20H32O2. The fraction of sp³-hybridized carbons (Fsp3) is 0.900. The fourth-order valence-electron chi connectivity index (χ4n) is 6.89. The molecule has 3 fully saturated rings. The van der Waals surface area contributed by atoms with E-state index < -0.39 is 0 Å². The van der Waals surface area contributed by atoms with Gasteiger partial charge in [0.05, 0.1) is 12.4 Å². The highest BCUT2D eigenvalue weighted by Crippen LogP contribution is 2.73. The molecule has 0 unspecified atom stereocenters. The van der Waals surface area contributed by atoms with Crippen molar-refractivity contribution in [3.8, 4) is 0 Å². The Hall–Kier alpha value is -0.500. The van der Waals surface area contributed by atoms with Crippen molar-refractivity contribution in [2.45, 2.75) is 77.9 Å². The van der Waals surface area contributed by atoms with Crippen LogP contribution in [-0.2, 0) is 9.47 Å². The minimum Gasteiger partial charge on any atom is -0.492 e. The minimum atomic E-state index is -0.153. The van der Waals surface area contributed by atoms with E-state index in [2.05, 4.69) is 33.8 Å². The first-order chi connectivity index (χ1) is 10.4. The standard InChI is InChI=1S/C20H32O2/c1-14-8-9-15-18(2,3)16-12-20(14,15)13-17-19(16,4)22-11-7-5-6-10-21-17/h7,11,14-17H,5-6,8-10,12-13H2,1-4H3/b11-7-/t14-,15+,16-,17+,19-,20-/m1/s1. The molecule has 1 heterocycles. The predicted molar refractivity (Wildman–Crippen MR) is 88.4 cm³/mol. The average molecular weight is 304 g/mol. The Labute approximate surface area is 135 Å². The van der Waals surface area contributed by atoms with Crippen molar-refractivity contribution >= 4 is 0 Å². The van der Waals surface area contributed by atoms with E-state index in [0.29, 0.717) is 16.7 Å². The summed E-state index contributed by atoms with van der Waals surface area (Å²) in [4.78, 5) is 0. The largest absolute Gasteiger partial charge is 0.492 e. The number of hydrogen-bond acceptors (Lipinski definition) is 2. The molecule has 4 aliphatic rings. The summed E-state index contributed by atoms with van der Waals surface area (Å²) in [7, 11) is 0. The van der Waals surface area contributed by atoms with E-state index in [1.807, 2.05) is 6.26 Å². The maximum Gasteiger partial charge on any atom is 0.135 e. The second-order valence-electron chi connectivity index (χ2n) is 9.22. The molecule has 1 aliphatic heterocycles. The van der Waals surface area contributed by atoms with Gasteiger partial charge in [-0.1, -0.05) is 20.8 Å². The highest BCUT2D eigenvalue weighted by molar-refractivity contribution is 5.20. The number of allylic oxidation sites excluding steroid dienone is 1. The Morgan fingerprint density at radius 2 is 1.86 bits per heavy atom. The van der Waals surface area contributed by atoms with Crippen molar-refractivity contribution in [3.05, 3.63) is 12.3 Å². The normalized spacial score (nSPS) is 54.4. The summed E-state index contributed by atoms with van der Waals surface area (Å²) in [5.74, 6) is 2.30. The molecular weight excluding hydrogens is 272 g/mol. The average Bonchev–Trinajstić information content (AvgIpc) is 2.91. The van der Waals surface area contributed by atoms with Crippen LogP contribution < -0.4 is 0 Å². The second-order valence-corrected chi connectivity index (χ2v) is 9.22. The van der Waals surface area contributed by atoms with E-state index in [0.717, 1.165) is 31.3 Å². The molecule has 0 aromatic rings. The summed E-state index contributed by atoms with van der Waals surface area (Å²) in [6.07, 6.45) is 12.0. The first-order valence-electron chi connectivity index (χ1n) is 9.36. The molecule has 6 atom stereocenters. The highest BCUT2D eigenvalue weighted by Gasteiger charge is 2.71. The summed E-state index contributed by atoms with van der Waals surface area (Å²) in [5, 5.41) is 0. The Morgan fingerprint density at radius 1 is 1.05 bits per heavy atom. The molecule has 0 amide bonds. The molecule has 3 saturated carbocycles. The van der Waals surface area contributed by atoms with Gasteiger partial charge in [0, 0.05) is 12.5 Å². The molecule has 0 aromatic heterocycles. The van der Waals surface area contributed by atoms with Crippen LogP contribution in [0, 0.1) is 28.6 Å². The van der Waals surface area contributed by atoms with Gasteiger partial charge in [-0.15, -0.1) is 0 Å². The zero-order chi connectivity index (χ0) is 15.6. The smallest absolute Gasteiger partial charge is 0.135 e. The van der Waals surface area contributed by atoms with Gasteiger partial charge in [-0.2, -0.15) is 0 Å². The van der Waals surface area contributed by atoms with Crippen LogP contribution in [-0.4, -0.2) is 18.3 Å². The summed E-state index contributed by atoms with van der Waals surface area (Å²) in [6, 6.07) is 0. The molecule has 0 N–H and O–H groups in total. The minimum absolute atomic E-state index is 0.153. The molecule has 0 radical (unpaired) electrons. The van der Waals surface area contributed by atoms with E-state index in [1.54, 1.807) is 0 Å². The molecule has 3 aliphatic carbocycles. The zero-order valence-electron chi connectivity index (χ0n) is 14.7. The number of ether oxygens (including phenoxy) is 2. The summed E-state index contributed by atoms with van der Waals surface area (Å²) in [6.45, 7) is 10.7. The SMILES string of the molecule is C[C@@H]1CC[C@H]2C(C)(C)[C@H]3C[C@@]12C[C@@H]1OCCC/C=C\O[C@@]13C. The van der Waals surface area contributed by atoms with Gasteiger partial charge in [-0.25, -0.2) is 0 Å². The number of fused-ring (bicyclic) bond motifs is 3. The van der Waals surface area contributed by atoms with Crippen molar-refractivity contribution in [1.82, 2.24) is 0 Å². The van der Waals surface area contributed by atoms with Crippen molar-refractivity contribution in [2.75, 3.05) is 6.61 Å². The van der Waals surface area contributed by atoms with Crippen LogP contribution in [0.2, 0.25) is 0 Å². The van der Waals surface area contributed by atoms with Crippen molar-refractivity contribution in [2.24, 2.45) is 28.6 Å². The zero-order valence-corrected chi connectivity index (χ0v) is 14.7. The van der Waals surface area contributed by atoms with Crippen LogP contribution in [0.1, 0.15) is 66.2 Å². The summed E-state index contributed by atoms with van der Waals surface area (Å²) in [5.41, 5.74) is 0.721. The molecule has 0 saturated heterocycles. The van der Waals surface area contributed by atoms with Crippen LogP contribution >= 0.6 is 0 Å². The van der Waals surface area contributed by atoms with Crippen molar-refractivity contribution < 1.29 is 9.47 Å². The maximum atomic E-state index is 6.43. The fourth-order valence-corrected chi connectivity index (χ4v) is 6.89. The van der Waals surface area contributed by atoms with E-state index in [1.165, 1.54) is 25.7 Å².